The van der Waals surface area contributed by atoms with Crippen molar-refractivity contribution in [2.45, 2.75) is 25.4 Å². The average Bonchev–Trinajstić information content (AvgIpc) is 3.34. The molecule has 27 heavy (non-hydrogen) atoms. The van der Waals surface area contributed by atoms with Crippen molar-refractivity contribution in [3.8, 4) is 11.5 Å². The Morgan fingerprint density at radius 2 is 2.19 bits per heavy atom. The first-order valence-electron chi connectivity index (χ1n) is 8.65. The summed E-state index contributed by atoms with van der Waals surface area (Å²) >= 11 is 0. The van der Waals surface area contributed by atoms with E-state index in [9.17, 15) is 9.59 Å². The maximum absolute atomic E-state index is 12.9. The number of hydrogen-bond acceptors (Lipinski definition) is 6. The molecule has 142 valence electrons. The molecule has 2 atom stereocenters. The molecular weight excluding hydrogens is 352 g/mol. The largest absolute Gasteiger partial charge is 0.467 e. The van der Waals surface area contributed by atoms with Crippen molar-refractivity contribution in [3.63, 3.8) is 0 Å². The molecule has 1 unspecified atom stereocenters. The van der Waals surface area contributed by atoms with Gasteiger partial charge in [0.2, 0.25) is 6.79 Å². The van der Waals surface area contributed by atoms with E-state index in [1.807, 2.05) is 18.2 Å². The molecule has 9 heteroatoms. The zero-order valence-corrected chi connectivity index (χ0v) is 15.0. The summed E-state index contributed by atoms with van der Waals surface area (Å²) in [6.07, 6.45) is 2.28. The van der Waals surface area contributed by atoms with E-state index in [1.165, 1.54) is 7.11 Å². The van der Waals surface area contributed by atoms with E-state index in [0.717, 1.165) is 17.0 Å². The number of urea groups is 1. The molecule has 0 bridgehead atoms. The normalized spacial score (nSPS) is 18.6. The van der Waals surface area contributed by atoms with Crippen LogP contribution in [0.5, 0.6) is 11.5 Å². The molecule has 0 saturated heterocycles. The van der Waals surface area contributed by atoms with Gasteiger partial charge in [-0.2, -0.15) is 0 Å². The summed E-state index contributed by atoms with van der Waals surface area (Å²) < 4.78 is 15.5. The third-order valence-electron chi connectivity index (χ3n) is 4.79. The SMILES string of the molecule is COC(=O)[C@H](C)NC(=O)N1CCc2[nH]cnc2C1c1ccc2c(c1)OCO2. The van der Waals surface area contributed by atoms with Crippen molar-refractivity contribution in [2.75, 3.05) is 20.4 Å². The minimum Gasteiger partial charge on any atom is -0.467 e. The zero-order chi connectivity index (χ0) is 19.0. The van der Waals surface area contributed by atoms with Gasteiger partial charge < -0.3 is 29.4 Å². The van der Waals surface area contributed by atoms with Gasteiger partial charge in [-0.1, -0.05) is 6.07 Å². The van der Waals surface area contributed by atoms with Gasteiger partial charge in [0.05, 0.1) is 19.1 Å². The van der Waals surface area contributed by atoms with Gasteiger partial charge in [0.15, 0.2) is 11.5 Å². The number of ether oxygens (including phenoxy) is 3. The summed E-state index contributed by atoms with van der Waals surface area (Å²) in [4.78, 5) is 33.8. The Hall–Kier alpha value is -3.23. The van der Waals surface area contributed by atoms with E-state index < -0.39 is 18.1 Å². The molecule has 1 aromatic heterocycles. The highest BCUT2D eigenvalue weighted by atomic mass is 16.7. The van der Waals surface area contributed by atoms with Crippen LogP contribution in [0.15, 0.2) is 24.5 Å². The van der Waals surface area contributed by atoms with Crippen LogP contribution < -0.4 is 14.8 Å². The molecule has 2 N–H and O–H groups in total. The molecule has 4 rings (SSSR count). The quantitative estimate of drug-likeness (QED) is 0.788. The molecule has 0 fully saturated rings. The first kappa shape index (κ1) is 17.2. The Morgan fingerprint density at radius 1 is 1.37 bits per heavy atom. The number of aromatic amines is 1. The molecule has 0 aliphatic carbocycles. The number of carbonyl (C=O) groups is 2. The Balaban J connectivity index is 1.66. The zero-order valence-electron chi connectivity index (χ0n) is 15.0. The number of H-pyrrole nitrogens is 1. The van der Waals surface area contributed by atoms with Crippen molar-refractivity contribution in [3.05, 3.63) is 41.5 Å². The van der Waals surface area contributed by atoms with Crippen LogP contribution in [0.3, 0.4) is 0 Å². The summed E-state index contributed by atoms with van der Waals surface area (Å²) in [5.74, 6) is 0.811. The number of benzene rings is 1. The van der Waals surface area contributed by atoms with Gasteiger partial charge in [0.25, 0.3) is 0 Å². The van der Waals surface area contributed by atoms with Crippen LogP contribution in [0.1, 0.15) is 29.9 Å². The topological polar surface area (TPSA) is 106 Å². The minimum atomic E-state index is -0.750. The van der Waals surface area contributed by atoms with Crippen LogP contribution in [-0.4, -0.2) is 53.4 Å². The minimum absolute atomic E-state index is 0.179. The molecule has 3 heterocycles. The maximum atomic E-state index is 12.9. The predicted octanol–water partition coefficient (Wildman–Crippen LogP) is 1.36. The van der Waals surface area contributed by atoms with E-state index in [-0.39, 0.29) is 12.8 Å². The third-order valence-corrected chi connectivity index (χ3v) is 4.79. The molecule has 0 spiro atoms. The molecule has 2 aliphatic rings. The number of amides is 2. The Kier molecular flexibility index (Phi) is 4.35. The van der Waals surface area contributed by atoms with Gasteiger partial charge in [-0.3, -0.25) is 0 Å². The van der Waals surface area contributed by atoms with E-state index in [2.05, 4.69) is 20.0 Å². The van der Waals surface area contributed by atoms with Crippen molar-refractivity contribution in [2.24, 2.45) is 0 Å². The smallest absolute Gasteiger partial charge is 0.328 e. The van der Waals surface area contributed by atoms with Crippen molar-refractivity contribution in [1.29, 1.82) is 0 Å². The number of fused-ring (bicyclic) bond motifs is 2. The van der Waals surface area contributed by atoms with E-state index in [0.29, 0.717) is 24.5 Å². The van der Waals surface area contributed by atoms with Gasteiger partial charge >= 0.3 is 12.0 Å². The lowest BCUT2D eigenvalue weighted by molar-refractivity contribution is -0.142. The number of carbonyl (C=O) groups excluding carboxylic acids is 2. The maximum Gasteiger partial charge on any atom is 0.328 e. The van der Waals surface area contributed by atoms with Gasteiger partial charge in [-0.15, -0.1) is 0 Å². The summed E-state index contributed by atoms with van der Waals surface area (Å²) in [7, 11) is 1.29. The summed E-state index contributed by atoms with van der Waals surface area (Å²) in [5.41, 5.74) is 2.62. The van der Waals surface area contributed by atoms with Crippen molar-refractivity contribution in [1.82, 2.24) is 20.2 Å². The Labute approximate surface area is 155 Å². The number of nitrogens with zero attached hydrogens (tertiary/aromatic N) is 2. The second-order valence-corrected chi connectivity index (χ2v) is 6.42. The van der Waals surface area contributed by atoms with Crippen molar-refractivity contribution >= 4 is 12.0 Å². The van der Waals surface area contributed by atoms with Crippen LogP contribution in [0.25, 0.3) is 0 Å². The number of methoxy groups -OCH3 is 1. The van der Waals surface area contributed by atoms with Crippen LogP contribution >= 0.6 is 0 Å². The number of rotatable bonds is 3. The molecule has 2 aliphatic heterocycles. The lowest BCUT2D eigenvalue weighted by Gasteiger charge is -2.35. The first-order valence-corrected chi connectivity index (χ1v) is 8.65. The first-order chi connectivity index (χ1) is 13.1. The van der Waals surface area contributed by atoms with Crippen LogP contribution in [-0.2, 0) is 16.0 Å². The van der Waals surface area contributed by atoms with E-state index >= 15 is 0 Å². The number of aromatic nitrogens is 2. The second-order valence-electron chi connectivity index (χ2n) is 6.42. The Bertz CT molecular complexity index is 880. The van der Waals surface area contributed by atoms with Gasteiger partial charge in [-0.05, 0) is 24.6 Å². The highest BCUT2D eigenvalue weighted by Gasteiger charge is 2.35. The highest BCUT2D eigenvalue weighted by Crippen LogP contribution is 2.39. The van der Waals surface area contributed by atoms with Crippen LogP contribution in [0.4, 0.5) is 4.79 Å². The third kappa shape index (κ3) is 3.05. The number of hydrogen-bond donors (Lipinski definition) is 2. The molecule has 0 saturated carbocycles. The lowest BCUT2D eigenvalue weighted by atomic mass is 9.95. The number of nitrogens with one attached hydrogen (secondary N) is 2. The molecule has 2 amide bonds. The fraction of sp³-hybridized carbons (Fsp3) is 0.389. The van der Waals surface area contributed by atoms with Gasteiger partial charge in [-0.25, -0.2) is 14.6 Å². The predicted molar refractivity (Wildman–Crippen MR) is 93.4 cm³/mol. The van der Waals surface area contributed by atoms with Crippen LogP contribution in [0, 0.1) is 0 Å². The molecular formula is C18H20N4O5. The summed E-state index contributed by atoms with van der Waals surface area (Å²) in [5, 5.41) is 2.69. The fourth-order valence-corrected chi connectivity index (χ4v) is 3.42. The standard InChI is InChI=1S/C18H20N4O5/c1-10(17(23)25-2)21-18(24)22-6-5-12-15(20-8-19-12)16(22)11-3-4-13-14(7-11)27-9-26-13/h3-4,7-8,10,16H,5-6,9H2,1-2H3,(H,19,20)(H,21,24)/t10-,16?/m0/s1. The lowest BCUT2D eigenvalue weighted by Crippen LogP contribution is -2.50. The number of esters is 1. The summed E-state index contributed by atoms with van der Waals surface area (Å²) in [6.45, 7) is 2.25. The van der Waals surface area contributed by atoms with Gasteiger partial charge in [0.1, 0.15) is 12.1 Å². The van der Waals surface area contributed by atoms with E-state index in [1.54, 1.807) is 18.2 Å². The molecule has 9 nitrogen and oxygen atoms in total. The van der Waals surface area contributed by atoms with E-state index in [4.69, 9.17) is 9.47 Å². The van der Waals surface area contributed by atoms with Gasteiger partial charge in [0, 0.05) is 18.7 Å². The number of imidazole rings is 1. The Morgan fingerprint density at radius 3 is 3.00 bits per heavy atom. The molecule has 1 aromatic carbocycles. The highest BCUT2D eigenvalue weighted by molar-refractivity contribution is 5.83. The molecule has 0 radical (unpaired) electrons. The molecule has 2 aromatic rings. The fourth-order valence-electron chi connectivity index (χ4n) is 3.42. The van der Waals surface area contributed by atoms with Crippen LogP contribution in [0.2, 0.25) is 0 Å². The monoisotopic (exact) mass is 372 g/mol. The average molecular weight is 372 g/mol. The summed E-state index contributed by atoms with van der Waals surface area (Å²) in [6, 6.07) is 4.07. The van der Waals surface area contributed by atoms with Crippen molar-refractivity contribution < 1.29 is 23.8 Å². The second kappa shape index (κ2) is 6.82.